The Morgan fingerprint density at radius 3 is 2.52 bits per heavy atom. The molecular formula is C17H25ClN2O. The van der Waals surface area contributed by atoms with Crippen LogP contribution >= 0.6 is 12.4 Å². The maximum atomic E-state index is 12.3. The molecule has 1 aliphatic carbocycles. The van der Waals surface area contributed by atoms with Gasteiger partial charge in [0.2, 0.25) is 5.91 Å². The molecule has 21 heavy (non-hydrogen) atoms. The van der Waals surface area contributed by atoms with E-state index in [1.54, 1.807) is 0 Å². The Kier molecular flexibility index (Phi) is 4.64. The zero-order valence-electron chi connectivity index (χ0n) is 12.7. The minimum absolute atomic E-state index is 0. The first-order valence-electron chi connectivity index (χ1n) is 7.63. The van der Waals surface area contributed by atoms with E-state index in [0.717, 1.165) is 45.2 Å². The largest absolute Gasteiger partial charge is 0.341 e. The minimum atomic E-state index is -0.509. The van der Waals surface area contributed by atoms with Crippen LogP contribution < -0.4 is 5.73 Å². The molecule has 1 heterocycles. The van der Waals surface area contributed by atoms with Crippen LogP contribution in [0.3, 0.4) is 0 Å². The van der Waals surface area contributed by atoms with Gasteiger partial charge in [-0.3, -0.25) is 4.79 Å². The molecule has 3 nitrogen and oxygen atoms in total. The third-order valence-electron chi connectivity index (χ3n) is 4.92. The van der Waals surface area contributed by atoms with Crippen LogP contribution in [0.5, 0.6) is 0 Å². The molecule has 3 rings (SSSR count). The van der Waals surface area contributed by atoms with Crippen LogP contribution in [0.25, 0.3) is 0 Å². The van der Waals surface area contributed by atoms with Crippen molar-refractivity contribution >= 4 is 18.3 Å². The summed E-state index contributed by atoms with van der Waals surface area (Å²) in [5.41, 5.74) is 7.16. The van der Waals surface area contributed by atoms with E-state index >= 15 is 0 Å². The average molecular weight is 309 g/mol. The van der Waals surface area contributed by atoms with Crippen molar-refractivity contribution in [2.24, 2.45) is 11.1 Å². The van der Waals surface area contributed by atoms with Crippen LogP contribution in [0.15, 0.2) is 30.3 Å². The summed E-state index contributed by atoms with van der Waals surface area (Å²) >= 11 is 0. The van der Waals surface area contributed by atoms with Gasteiger partial charge in [0, 0.05) is 13.1 Å². The highest BCUT2D eigenvalue weighted by Crippen LogP contribution is 2.39. The number of hydrogen-bond donors (Lipinski definition) is 1. The van der Waals surface area contributed by atoms with Crippen molar-refractivity contribution in [3.63, 3.8) is 0 Å². The second-order valence-electron chi connectivity index (χ2n) is 6.93. The SMILES string of the molecule is CC1(CCc2ccccc2)CCN(C(=O)C2(N)CC2)C1.Cl. The number of halogens is 1. The summed E-state index contributed by atoms with van der Waals surface area (Å²) in [5.74, 6) is 0.181. The van der Waals surface area contributed by atoms with Crippen molar-refractivity contribution in [2.75, 3.05) is 13.1 Å². The molecule has 1 saturated carbocycles. The van der Waals surface area contributed by atoms with Crippen molar-refractivity contribution < 1.29 is 4.79 Å². The maximum Gasteiger partial charge on any atom is 0.242 e. The topological polar surface area (TPSA) is 46.3 Å². The summed E-state index contributed by atoms with van der Waals surface area (Å²) in [7, 11) is 0. The fourth-order valence-corrected chi connectivity index (χ4v) is 3.16. The lowest BCUT2D eigenvalue weighted by Crippen LogP contribution is -2.45. The number of carbonyl (C=O) groups is 1. The third kappa shape index (κ3) is 3.58. The lowest BCUT2D eigenvalue weighted by Gasteiger charge is -2.26. The monoisotopic (exact) mass is 308 g/mol. The molecule has 0 bridgehead atoms. The highest BCUT2D eigenvalue weighted by atomic mass is 35.5. The molecule has 2 fully saturated rings. The van der Waals surface area contributed by atoms with E-state index in [1.165, 1.54) is 5.56 Å². The summed E-state index contributed by atoms with van der Waals surface area (Å²) in [6, 6.07) is 10.6. The first kappa shape index (κ1) is 16.3. The molecule has 0 spiro atoms. The fourth-order valence-electron chi connectivity index (χ4n) is 3.16. The molecule has 1 atom stereocenters. The lowest BCUT2D eigenvalue weighted by molar-refractivity contribution is -0.132. The van der Waals surface area contributed by atoms with Crippen molar-refractivity contribution in [1.29, 1.82) is 0 Å². The Morgan fingerprint density at radius 1 is 1.24 bits per heavy atom. The predicted molar refractivity (Wildman–Crippen MR) is 87.5 cm³/mol. The quantitative estimate of drug-likeness (QED) is 0.929. The van der Waals surface area contributed by atoms with Gasteiger partial charge in [0.15, 0.2) is 0 Å². The van der Waals surface area contributed by atoms with Crippen LogP contribution in [0.4, 0.5) is 0 Å². The van der Waals surface area contributed by atoms with Gasteiger partial charge in [0.25, 0.3) is 0 Å². The first-order valence-corrected chi connectivity index (χ1v) is 7.63. The molecule has 1 unspecified atom stereocenters. The summed E-state index contributed by atoms with van der Waals surface area (Å²) in [5, 5.41) is 0. The van der Waals surface area contributed by atoms with Gasteiger partial charge in [-0.25, -0.2) is 0 Å². The molecule has 1 amide bonds. The van der Waals surface area contributed by atoms with Gasteiger partial charge >= 0.3 is 0 Å². The minimum Gasteiger partial charge on any atom is -0.341 e. The van der Waals surface area contributed by atoms with E-state index in [2.05, 4.69) is 37.3 Å². The first-order chi connectivity index (χ1) is 9.51. The molecule has 0 aromatic heterocycles. The second kappa shape index (κ2) is 5.98. The van der Waals surface area contributed by atoms with Gasteiger partial charge in [0.05, 0.1) is 5.54 Å². The van der Waals surface area contributed by atoms with Gasteiger partial charge < -0.3 is 10.6 Å². The molecule has 1 aromatic carbocycles. The van der Waals surface area contributed by atoms with Crippen LogP contribution in [0.1, 0.15) is 38.2 Å². The number of nitrogens with zero attached hydrogens (tertiary/aromatic N) is 1. The van der Waals surface area contributed by atoms with Crippen molar-refractivity contribution in [1.82, 2.24) is 4.90 Å². The Bertz CT molecular complexity index is 501. The number of hydrogen-bond acceptors (Lipinski definition) is 2. The number of carbonyl (C=O) groups excluding carboxylic acids is 1. The van der Waals surface area contributed by atoms with Crippen LogP contribution in [-0.2, 0) is 11.2 Å². The summed E-state index contributed by atoms with van der Waals surface area (Å²) in [6.07, 6.45) is 5.05. The second-order valence-corrected chi connectivity index (χ2v) is 6.93. The van der Waals surface area contributed by atoms with Crippen molar-refractivity contribution in [2.45, 2.75) is 44.6 Å². The number of nitrogens with two attached hydrogens (primary N) is 1. The molecule has 1 aliphatic heterocycles. The maximum absolute atomic E-state index is 12.3. The van der Waals surface area contributed by atoms with E-state index in [0.29, 0.717) is 0 Å². The van der Waals surface area contributed by atoms with Crippen LogP contribution in [0, 0.1) is 5.41 Å². The van der Waals surface area contributed by atoms with Gasteiger partial charge in [-0.2, -0.15) is 0 Å². The van der Waals surface area contributed by atoms with Gasteiger partial charge in [-0.05, 0) is 43.1 Å². The van der Waals surface area contributed by atoms with Crippen LogP contribution in [0.2, 0.25) is 0 Å². The molecule has 4 heteroatoms. The molecule has 2 aliphatic rings. The normalized spacial score (nSPS) is 26.3. The number of aryl methyl sites for hydroxylation is 1. The Balaban J connectivity index is 0.00000161. The third-order valence-corrected chi connectivity index (χ3v) is 4.92. The Hall–Kier alpha value is -1.06. The van der Waals surface area contributed by atoms with E-state index < -0.39 is 5.54 Å². The number of likely N-dealkylation sites (tertiary alicyclic amines) is 1. The van der Waals surface area contributed by atoms with Gasteiger partial charge in [0.1, 0.15) is 0 Å². The number of benzene rings is 1. The highest BCUT2D eigenvalue weighted by Gasteiger charge is 2.50. The smallest absolute Gasteiger partial charge is 0.242 e. The standard InChI is InChI=1S/C17H24N2O.ClH/c1-16(8-7-14-5-3-2-4-6-14)11-12-19(13-16)15(20)17(18)9-10-17;/h2-6H,7-13,18H2,1H3;1H. The lowest BCUT2D eigenvalue weighted by atomic mass is 9.83. The van der Waals surface area contributed by atoms with Crippen molar-refractivity contribution in [3.05, 3.63) is 35.9 Å². The number of amides is 1. The Morgan fingerprint density at radius 2 is 1.90 bits per heavy atom. The van der Waals surface area contributed by atoms with E-state index in [-0.39, 0.29) is 23.7 Å². The predicted octanol–water partition coefficient (Wildman–Crippen LogP) is 2.77. The highest BCUT2D eigenvalue weighted by molar-refractivity contribution is 5.89. The fraction of sp³-hybridized carbons (Fsp3) is 0.588. The van der Waals surface area contributed by atoms with Gasteiger partial charge in [-0.1, -0.05) is 37.3 Å². The molecule has 116 valence electrons. The summed E-state index contributed by atoms with van der Waals surface area (Å²) < 4.78 is 0. The molecule has 1 saturated heterocycles. The zero-order chi connectivity index (χ0) is 14.2. The summed E-state index contributed by atoms with van der Waals surface area (Å²) in [4.78, 5) is 14.3. The molecular weight excluding hydrogens is 284 g/mol. The zero-order valence-corrected chi connectivity index (χ0v) is 13.5. The summed E-state index contributed by atoms with van der Waals surface area (Å²) in [6.45, 7) is 4.06. The molecule has 0 radical (unpaired) electrons. The van der Waals surface area contributed by atoms with E-state index in [1.807, 2.05) is 4.90 Å². The van der Waals surface area contributed by atoms with Gasteiger partial charge in [-0.15, -0.1) is 12.4 Å². The van der Waals surface area contributed by atoms with E-state index in [9.17, 15) is 4.79 Å². The molecule has 2 N–H and O–H groups in total. The van der Waals surface area contributed by atoms with Crippen LogP contribution in [-0.4, -0.2) is 29.4 Å². The Labute approximate surface area is 133 Å². The number of rotatable bonds is 4. The molecule has 1 aromatic rings. The van der Waals surface area contributed by atoms with E-state index in [4.69, 9.17) is 5.73 Å². The van der Waals surface area contributed by atoms with Crippen molar-refractivity contribution in [3.8, 4) is 0 Å². The average Bonchev–Trinajstić information content (AvgIpc) is 3.09.